The predicted octanol–water partition coefficient (Wildman–Crippen LogP) is 5.03. The molecular weight excluding hydrogens is 453 g/mol. The third kappa shape index (κ3) is 4.28. The zero-order valence-corrected chi connectivity index (χ0v) is 18.9. The van der Waals surface area contributed by atoms with E-state index in [0.717, 1.165) is 11.1 Å². The molecule has 0 aliphatic carbocycles. The van der Waals surface area contributed by atoms with Gasteiger partial charge in [0.05, 0.1) is 34.0 Å². The summed E-state index contributed by atoms with van der Waals surface area (Å²) < 4.78 is 44.6. The van der Waals surface area contributed by atoms with E-state index in [4.69, 9.17) is 16.3 Å². The Morgan fingerprint density at radius 1 is 1.09 bits per heavy atom. The van der Waals surface area contributed by atoms with Crippen molar-refractivity contribution in [2.24, 2.45) is 0 Å². The first-order chi connectivity index (χ1) is 15.3. The smallest absolute Gasteiger partial charge is 0.309 e. The summed E-state index contributed by atoms with van der Waals surface area (Å²) in [6.07, 6.45) is 1.30. The molecule has 2 aromatic heterocycles. The lowest BCUT2D eigenvalue weighted by Gasteiger charge is -2.13. The molecule has 0 spiro atoms. The molecular formula is C23H19ClFN3O3S. The first kappa shape index (κ1) is 22.1. The zero-order chi connectivity index (χ0) is 22.9. The van der Waals surface area contributed by atoms with Gasteiger partial charge < -0.3 is 4.74 Å². The number of hydrogen-bond acceptors (Lipinski definition) is 6. The second-order valence-corrected chi connectivity index (χ2v) is 9.48. The molecule has 0 aliphatic rings. The average molecular weight is 472 g/mol. The van der Waals surface area contributed by atoms with Gasteiger partial charge in [0.1, 0.15) is 0 Å². The van der Waals surface area contributed by atoms with E-state index in [1.165, 1.54) is 25.4 Å². The molecule has 0 amide bonds. The molecule has 164 valence electrons. The van der Waals surface area contributed by atoms with Gasteiger partial charge in [0.2, 0.25) is 5.88 Å². The van der Waals surface area contributed by atoms with Crippen molar-refractivity contribution in [1.29, 1.82) is 0 Å². The minimum absolute atomic E-state index is 0.0564. The van der Waals surface area contributed by atoms with Crippen molar-refractivity contribution in [2.45, 2.75) is 24.0 Å². The molecule has 0 radical (unpaired) electrons. The second-order valence-electron chi connectivity index (χ2n) is 7.11. The van der Waals surface area contributed by atoms with Crippen LogP contribution in [0.4, 0.5) is 4.39 Å². The van der Waals surface area contributed by atoms with Crippen LogP contribution >= 0.6 is 11.6 Å². The Balaban J connectivity index is 1.75. The summed E-state index contributed by atoms with van der Waals surface area (Å²) in [5.41, 5.74) is 3.19. The molecule has 9 heteroatoms. The number of ether oxygens (including phenoxy) is 1. The van der Waals surface area contributed by atoms with Crippen LogP contribution in [0, 0.1) is 6.08 Å². The van der Waals surface area contributed by atoms with Gasteiger partial charge in [-0.1, -0.05) is 30.7 Å². The van der Waals surface area contributed by atoms with Gasteiger partial charge in [-0.05, 0) is 53.9 Å². The predicted molar refractivity (Wildman–Crippen MR) is 121 cm³/mol. The molecule has 2 heterocycles. The summed E-state index contributed by atoms with van der Waals surface area (Å²) in [6.45, 7) is 1.96. The van der Waals surface area contributed by atoms with Gasteiger partial charge in [-0.25, -0.2) is 23.4 Å². The normalized spacial score (nSPS) is 11.6. The van der Waals surface area contributed by atoms with E-state index in [1.807, 2.05) is 19.1 Å². The summed E-state index contributed by atoms with van der Waals surface area (Å²) in [6, 6.07) is 13.4. The highest BCUT2D eigenvalue weighted by atomic mass is 35.5. The fraction of sp³-hybridized carbons (Fsp3) is 0.174. The summed E-state index contributed by atoms with van der Waals surface area (Å²) in [7, 11) is -2.22. The van der Waals surface area contributed by atoms with E-state index in [-0.39, 0.29) is 21.6 Å². The Labute approximate surface area is 190 Å². The lowest BCUT2D eigenvalue weighted by Crippen LogP contribution is -2.08. The zero-order valence-electron chi connectivity index (χ0n) is 17.3. The molecule has 4 aromatic rings. The van der Waals surface area contributed by atoms with E-state index < -0.39 is 15.9 Å². The molecule has 0 N–H and O–H groups in total. The lowest BCUT2D eigenvalue weighted by atomic mass is 9.99. The number of fused-ring (bicyclic) bond motifs is 1. The Morgan fingerprint density at radius 3 is 2.59 bits per heavy atom. The number of hydrogen-bond donors (Lipinski definition) is 0. The van der Waals surface area contributed by atoms with Crippen LogP contribution < -0.4 is 4.74 Å². The van der Waals surface area contributed by atoms with Crippen LogP contribution in [-0.2, 0) is 22.0 Å². The highest BCUT2D eigenvalue weighted by Crippen LogP contribution is 2.33. The second kappa shape index (κ2) is 8.80. The maximum absolute atomic E-state index is 13.5. The summed E-state index contributed by atoms with van der Waals surface area (Å²) in [5, 5.41) is 0.853. The first-order valence-corrected chi connectivity index (χ1v) is 11.8. The maximum atomic E-state index is 13.5. The fourth-order valence-corrected chi connectivity index (χ4v) is 5.37. The quantitative estimate of drug-likeness (QED) is 0.367. The van der Waals surface area contributed by atoms with Crippen molar-refractivity contribution in [2.75, 3.05) is 7.11 Å². The number of halogens is 2. The summed E-state index contributed by atoms with van der Waals surface area (Å²) >= 11 is 6.07. The van der Waals surface area contributed by atoms with Gasteiger partial charge in [0.15, 0.2) is 9.84 Å². The number of pyridine rings is 1. The summed E-state index contributed by atoms with van der Waals surface area (Å²) in [4.78, 5) is 12.0. The number of sulfone groups is 1. The SMILES string of the molecule is CCc1cc(-c2ccc(CS(=O)(=O)c3ccccc3Cl)nc2OC)cc2cnc(F)nc12. The maximum Gasteiger partial charge on any atom is 0.309 e. The molecule has 0 aliphatic heterocycles. The Kier molecular flexibility index (Phi) is 6.08. The standard InChI is InChI=1S/C23H19ClFN3O3S/c1-3-14-10-15(11-16-12-26-23(25)28-21(14)16)18-9-8-17(27-22(18)31-2)13-32(29,30)20-7-5-4-6-19(20)24/h4-12H,3,13H2,1-2H3. The Hall–Kier alpha value is -3.10. The highest BCUT2D eigenvalue weighted by Gasteiger charge is 2.21. The van der Waals surface area contributed by atoms with Crippen molar-refractivity contribution in [3.63, 3.8) is 0 Å². The number of rotatable bonds is 6. The number of aromatic nitrogens is 3. The molecule has 2 aromatic carbocycles. The number of nitrogens with zero attached hydrogens (tertiary/aromatic N) is 3. The van der Waals surface area contributed by atoms with E-state index in [2.05, 4.69) is 15.0 Å². The van der Waals surface area contributed by atoms with Crippen LogP contribution in [0.1, 0.15) is 18.2 Å². The third-order valence-electron chi connectivity index (χ3n) is 5.05. The van der Waals surface area contributed by atoms with Crippen LogP contribution in [0.25, 0.3) is 22.0 Å². The Bertz CT molecular complexity index is 1430. The molecule has 0 bridgehead atoms. The monoisotopic (exact) mass is 471 g/mol. The molecule has 32 heavy (non-hydrogen) atoms. The third-order valence-corrected chi connectivity index (χ3v) is 7.19. The molecule has 6 nitrogen and oxygen atoms in total. The van der Waals surface area contributed by atoms with Crippen molar-refractivity contribution in [3.8, 4) is 17.0 Å². The highest BCUT2D eigenvalue weighted by molar-refractivity contribution is 7.90. The van der Waals surface area contributed by atoms with E-state index in [0.29, 0.717) is 28.6 Å². The molecule has 4 rings (SSSR count). The van der Waals surface area contributed by atoms with E-state index >= 15 is 0 Å². The fourth-order valence-electron chi connectivity index (χ4n) is 3.53. The van der Waals surface area contributed by atoms with Crippen molar-refractivity contribution >= 4 is 32.3 Å². The van der Waals surface area contributed by atoms with Crippen LogP contribution in [0.2, 0.25) is 5.02 Å². The average Bonchev–Trinajstić information content (AvgIpc) is 2.78. The van der Waals surface area contributed by atoms with Crippen molar-refractivity contribution < 1.29 is 17.5 Å². The van der Waals surface area contributed by atoms with Gasteiger partial charge in [-0.2, -0.15) is 4.39 Å². The molecule has 0 atom stereocenters. The van der Waals surface area contributed by atoms with Crippen molar-refractivity contribution in [1.82, 2.24) is 15.0 Å². The van der Waals surface area contributed by atoms with Gasteiger partial charge >= 0.3 is 6.08 Å². The first-order valence-electron chi connectivity index (χ1n) is 9.79. The van der Waals surface area contributed by atoms with Crippen LogP contribution in [0.3, 0.4) is 0 Å². The van der Waals surface area contributed by atoms with Gasteiger partial charge in [-0.15, -0.1) is 0 Å². The topological polar surface area (TPSA) is 82.0 Å². The Morgan fingerprint density at radius 2 is 1.88 bits per heavy atom. The molecule has 0 saturated carbocycles. The van der Waals surface area contributed by atoms with E-state index in [9.17, 15) is 12.8 Å². The van der Waals surface area contributed by atoms with Gasteiger partial charge in [0, 0.05) is 17.1 Å². The number of benzene rings is 2. The van der Waals surface area contributed by atoms with Gasteiger partial charge in [0.25, 0.3) is 0 Å². The number of aryl methyl sites for hydroxylation is 1. The van der Waals surface area contributed by atoms with Crippen LogP contribution in [-0.4, -0.2) is 30.5 Å². The minimum atomic E-state index is -3.69. The van der Waals surface area contributed by atoms with Gasteiger partial charge in [-0.3, -0.25) is 0 Å². The van der Waals surface area contributed by atoms with Crippen molar-refractivity contribution in [3.05, 3.63) is 77.1 Å². The van der Waals surface area contributed by atoms with Crippen LogP contribution in [0.15, 0.2) is 59.6 Å². The molecule has 0 unspecified atom stereocenters. The number of methoxy groups -OCH3 is 1. The van der Waals surface area contributed by atoms with E-state index in [1.54, 1.807) is 24.3 Å². The van der Waals surface area contributed by atoms with Crippen LogP contribution in [0.5, 0.6) is 5.88 Å². The largest absolute Gasteiger partial charge is 0.481 e. The lowest BCUT2D eigenvalue weighted by molar-refractivity contribution is 0.398. The molecule has 0 saturated heterocycles. The molecule has 0 fully saturated rings. The summed E-state index contributed by atoms with van der Waals surface area (Å²) in [5.74, 6) is -0.0420. The minimum Gasteiger partial charge on any atom is -0.481 e.